The molecule has 2 aromatic carbocycles. The average molecular weight is 499 g/mol. The number of H-pyrrole nitrogens is 1. The minimum absolute atomic E-state index is 0.0336. The van der Waals surface area contributed by atoms with Crippen molar-refractivity contribution in [1.29, 1.82) is 0 Å². The molecule has 0 saturated heterocycles. The van der Waals surface area contributed by atoms with Crippen molar-refractivity contribution >= 4 is 46.1 Å². The largest absolute Gasteiger partial charge is 0.359 e. The van der Waals surface area contributed by atoms with Crippen molar-refractivity contribution in [2.45, 2.75) is 31.8 Å². The van der Waals surface area contributed by atoms with E-state index in [4.69, 9.17) is 23.2 Å². The van der Waals surface area contributed by atoms with Crippen LogP contribution in [0.1, 0.15) is 29.9 Å². The number of hydrogen-bond donors (Lipinski definition) is 3. The molecular formula is C24H24Cl2N6O2. The second kappa shape index (κ2) is 10.7. The molecule has 0 aliphatic rings. The zero-order valence-electron chi connectivity index (χ0n) is 18.5. The van der Waals surface area contributed by atoms with E-state index in [2.05, 4.69) is 25.7 Å². The third-order valence-corrected chi connectivity index (χ3v) is 6.31. The fourth-order valence-corrected chi connectivity index (χ4v) is 4.17. The van der Waals surface area contributed by atoms with E-state index in [1.54, 1.807) is 30.1 Å². The van der Waals surface area contributed by atoms with Gasteiger partial charge in [0.25, 0.3) is 5.56 Å². The van der Waals surface area contributed by atoms with Gasteiger partial charge >= 0.3 is 0 Å². The monoisotopic (exact) mass is 498 g/mol. The highest BCUT2D eigenvalue weighted by atomic mass is 35.5. The maximum Gasteiger partial charge on any atom is 0.278 e. The summed E-state index contributed by atoms with van der Waals surface area (Å²) in [6.45, 7) is 0.907. The lowest BCUT2D eigenvalue weighted by atomic mass is 9.93. The van der Waals surface area contributed by atoms with Gasteiger partial charge in [0.15, 0.2) is 5.52 Å². The van der Waals surface area contributed by atoms with Crippen molar-refractivity contribution in [3.05, 3.63) is 86.3 Å². The molecule has 10 heteroatoms. The summed E-state index contributed by atoms with van der Waals surface area (Å²) in [7, 11) is 1.64. The van der Waals surface area contributed by atoms with Gasteiger partial charge in [-0.25, -0.2) is 4.98 Å². The maximum atomic E-state index is 12.8. The summed E-state index contributed by atoms with van der Waals surface area (Å²) in [6, 6.07) is 15.0. The van der Waals surface area contributed by atoms with E-state index in [9.17, 15) is 9.59 Å². The van der Waals surface area contributed by atoms with Gasteiger partial charge in [0.05, 0.1) is 22.2 Å². The first-order chi connectivity index (χ1) is 16.5. The van der Waals surface area contributed by atoms with Crippen molar-refractivity contribution in [1.82, 2.24) is 25.1 Å². The highest BCUT2D eigenvalue weighted by Gasteiger charge is 2.19. The van der Waals surface area contributed by atoms with Gasteiger partial charge in [0, 0.05) is 20.1 Å². The van der Waals surface area contributed by atoms with E-state index in [-0.39, 0.29) is 17.4 Å². The molecule has 3 N–H and O–H groups in total. The molecule has 1 amide bonds. The van der Waals surface area contributed by atoms with E-state index in [1.807, 2.05) is 36.4 Å². The summed E-state index contributed by atoms with van der Waals surface area (Å²) in [4.78, 5) is 32.4. The average Bonchev–Trinajstić information content (AvgIpc) is 3.26. The zero-order valence-corrected chi connectivity index (χ0v) is 20.0. The number of aromatic nitrogens is 4. The van der Waals surface area contributed by atoms with Crippen molar-refractivity contribution in [2.24, 2.45) is 0 Å². The van der Waals surface area contributed by atoms with E-state index in [1.165, 1.54) is 0 Å². The van der Waals surface area contributed by atoms with E-state index < -0.39 is 0 Å². The molecule has 8 nitrogen and oxygen atoms in total. The molecule has 0 aliphatic heterocycles. The number of amides is 1. The number of nitrogens with one attached hydrogen (secondary N) is 3. The predicted molar refractivity (Wildman–Crippen MR) is 134 cm³/mol. The molecule has 1 unspecified atom stereocenters. The zero-order chi connectivity index (χ0) is 24.1. The molecule has 2 heterocycles. The maximum absolute atomic E-state index is 12.8. The van der Waals surface area contributed by atoms with Gasteiger partial charge < -0.3 is 10.6 Å². The van der Waals surface area contributed by atoms with E-state index in [0.29, 0.717) is 53.0 Å². The van der Waals surface area contributed by atoms with Gasteiger partial charge in [-0.05, 0) is 36.1 Å². The Morgan fingerprint density at radius 2 is 1.94 bits per heavy atom. The highest BCUT2D eigenvalue weighted by molar-refractivity contribution is 6.42. The number of aryl methyl sites for hydroxylation is 1. The first-order valence-electron chi connectivity index (χ1n) is 10.9. The Kier molecular flexibility index (Phi) is 7.49. The number of carbonyl (C=O) groups excluding carboxylic acids is 1. The van der Waals surface area contributed by atoms with Crippen LogP contribution in [0.3, 0.4) is 0 Å². The number of rotatable bonds is 9. The lowest BCUT2D eigenvalue weighted by Crippen LogP contribution is -2.26. The number of nitrogens with zero attached hydrogens (tertiary/aromatic N) is 3. The van der Waals surface area contributed by atoms with E-state index in [0.717, 1.165) is 11.1 Å². The van der Waals surface area contributed by atoms with Gasteiger partial charge in [0.1, 0.15) is 5.52 Å². The summed E-state index contributed by atoms with van der Waals surface area (Å²) in [5.41, 5.74) is 2.47. The number of fused-ring (bicyclic) bond motifs is 1. The van der Waals surface area contributed by atoms with Crippen LogP contribution in [0.15, 0.2) is 59.5 Å². The normalized spacial score (nSPS) is 12.0. The van der Waals surface area contributed by atoms with Gasteiger partial charge in [-0.3, -0.25) is 19.3 Å². The van der Waals surface area contributed by atoms with Crippen molar-refractivity contribution in [3.8, 4) is 0 Å². The number of aromatic amines is 1. The molecule has 4 aromatic rings. The lowest BCUT2D eigenvalue weighted by molar-refractivity contribution is -0.122. The SMILES string of the molecule is CNC(=O)C(CCCn1ncc2nc(NCc3ccc(Cl)c(Cl)c3)[nH]c(=O)c21)c1ccccc1. The van der Waals surface area contributed by atoms with Crippen LogP contribution in [-0.2, 0) is 17.9 Å². The number of carbonyl (C=O) groups is 1. The highest BCUT2D eigenvalue weighted by Crippen LogP contribution is 2.24. The Morgan fingerprint density at radius 3 is 2.68 bits per heavy atom. The third-order valence-electron chi connectivity index (χ3n) is 5.57. The smallest absolute Gasteiger partial charge is 0.278 e. The molecular weight excluding hydrogens is 475 g/mol. The molecule has 0 bridgehead atoms. The molecule has 0 saturated carbocycles. The molecule has 176 valence electrons. The van der Waals surface area contributed by atoms with Gasteiger partial charge in [-0.2, -0.15) is 5.10 Å². The quantitative estimate of drug-likeness (QED) is 0.318. The minimum atomic E-state index is -0.287. The van der Waals surface area contributed by atoms with Crippen LogP contribution >= 0.6 is 23.2 Å². The Morgan fingerprint density at radius 1 is 1.15 bits per heavy atom. The number of anilines is 1. The standard InChI is InChI=1S/C24H24Cl2N6O2/c1-27-22(33)17(16-6-3-2-4-7-16)8-5-11-32-21-20(14-29-32)30-24(31-23(21)34)28-13-15-9-10-18(25)19(26)12-15/h2-4,6-7,9-10,12,14,17H,5,8,11,13H2,1H3,(H,27,33)(H2,28,30,31,34). The van der Waals surface area contributed by atoms with Crippen molar-refractivity contribution < 1.29 is 4.79 Å². The van der Waals surface area contributed by atoms with Crippen LogP contribution in [-0.4, -0.2) is 32.7 Å². The Labute approximate surface area is 206 Å². The third kappa shape index (κ3) is 5.40. The minimum Gasteiger partial charge on any atom is -0.359 e. The van der Waals surface area contributed by atoms with Crippen LogP contribution < -0.4 is 16.2 Å². The second-order valence-electron chi connectivity index (χ2n) is 7.84. The van der Waals surface area contributed by atoms with Crippen LogP contribution in [0.25, 0.3) is 11.0 Å². The molecule has 0 fully saturated rings. The Bertz CT molecular complexity index is 1350. The number of halogens is 2. The molecule has 4 rings (SSSR count). The fourth-order valence-electron chi connectivity index (χ4n) is 3.85. The second-order valence-corrected chi connectivity index (χ2v) is 8.65. The van der Waals surface area contributed by atoms with E-state index >= 15 is 0 Å². The van der Waals surface area contributed by atoms with Crippen LogP contribution in [0.4, 0.5) is 5.95 Å². The summed E-state index contributed by atoms with van der Waals surface area (Å²) in [6.07, 6.45) is 2.86. The molecule has 0 aliphatic carbocycles. The van der Waals surface area contributed by atoms with Crippen molar-refractivity contribution in [2.75, 3.05) is 12.4 Å². The topological polar surface area (TPSA) is 105 Å². The summed E-state index contributed by atoms with van der Waals surface area (Å²) >= 11 is 12.0. The summed E-state index contributed by atoms with van der Waals surface area (Å²) in [5, 5.41) is 11.1. The Hall–Kier alpha value is -3.36. The number of hydrogen-bond acceptors (Lipinski definition) is 5. The van der Waals surface area contributed by atoms with Crippen LogP contribution in [0, 0.1) is 0 Å². The van der Waals surface area contributed by atoms with Crippen molar-refractivity contribution in [3.63, 3.8) is 0 Å². The Balaban J connectivity index is 1.44. The fraction of sp³-hybridized carbons (Fsp3) is 0.250. The number of likely N-dealkylation sites (N-methyl/N-ethyl adjacent to an activating group) is 1. The van der Waals surface area contributed by atoms with Gasteiger partial charge in [0.2, 0.25) is 11.9 Å². The first kappa shape index (κ1) is 23.8. The molecule has 0 radical (unpaired) electrons. The summed E-state index contributed by atoms with van der Waals surface area (Å²) in [5.74, 6) is 0.0437. The van der Waals surface area contributed by atoms with Gasteiger partial charge in [-0.1, -0.05) is 59.6 Å². The molecule has 2 aromatic heterocycles. The lowest BCUT2D eigenvalue weighted by Gasteiger charge is -2.16. The van der Waals surface area contributed by atoms with Crippen LogP contribution in [0.2, 0.25) is 10.0 Å². The summed E-state index contributed by atoms with van der Waals surface area (Å²) < 4.78 is 1.63. The molecule has 1 atom stereocenters. The predicted octanol–water partition coefficient (Wildman–Crippen LogP) is 4.35. The molecule has 34 heavy (non-hydrogen) atoms. The number of benzene rings is 2. The van der Waals surface area contributed by atoms with Gasteiger partial charge in [-0.15, -0.1) is 0 Å². The first-order valence-corrected chi connectivity index (χ1v) is 11.6. The molecule has 0 spiro atoms. The van der Waals surface area contributed by atoms with Crippen LogP contribution in [0.5, 0.6) is 0 Å².